The minimum absolute atomic E-state index is 0.535. The van der Waals surface area contributed by atoms with Gasteiger partial charge in [0.1, 0.15) is 11.6 Å². The van der Waals surface area contributed by atoms with Crippen molar-refractivity contribution in [3.05, 3.63) is 34.3 Å². The Labute approximate surface area is 129 Å². The second-order valence-electron chi connectivity index (χ2n) is 5.33. The fourth-order valence-corrected chi connectivity index (χ4v) is 2.79. The van der Waals surface area contributed by atoms with Crippen LogP contribution in [-0.2, 0) is 6.42 Å². The predicted molar refractivity (Wildman–Crippen MR) is 86.3 cm³/mol. The lowest BCUT2D eigenvalue weighted by Crippen LogP contribution is -2.08. The maximum absolute atomic E-state index is 5.83. The molecule has 2 aromatic rings. The van der Waals surface area contributed by atoms with Crippen molar-refractivity contribution < 1.29 is 4.74 Å². The minimum atomic E-state index is 0.535. The molecule has 0 atom stereocenters. The molecule has 1 N–H and O–H groups in total. The van der Waals surface area contributed by atoms with E-state index in [1.807, 2.05) is 6.07 Å². The number of hydrogen-bond donors (Lipinski definition) is 1. The molecule has 4 nitrogen and oxygen atoms in total. The molecule has 21 heavy (non-hydrogen) atoms. The van der Waals surface area contributed by atoms with E-state index in [1.54, 1.807) is 11.3 Å². The summed E-state index contributed by atoms with van der Waals surface area (Å²) in [4.78, 5) is 10.5. The lowest BCUT2D eigenvalue weighted by molar-refractivity contribution is 0.309. The first-order chi connectivity index (χ1) is 10.3. The van der Waals surface area contributed by atoms with Gasteiger partial charge >= 0.3 is 0 Å². The molecular weight excluding hydrogens is 282 g/mol. The van der Waals surface area contributed by atoms with Crippen LogP contribution >= 0.6 is 11.3 Å². The van der Waals surface area contributed by atoms with Crippen LogP contribution in [-0.4, -0.2) is 23.1 Å². The Bertz CT molecular complexity index is 567. The van der Waals surface area contributed by atoms with Crippen molar-refractivity contribution >= 4 is 17.2 Å². The number of anilines is 1. The van der Waals surface area contributed by atoms with Gasteiger partial charge in [0.15, 0.2) is 0 Å². The molecule has 0 aliphatic heterocycles. The van der Waals surface area contributed by atoms with Crippen LogP contribution in [0.1, 0.15) is 42.8 Å². The van der Waals surface area contributed by atoms with Crippen molar-refractivity contribution in [2.45, 2.75) is 38.5 Å². The van der Waals surface area contributed by atoms with E-state index in [2.05, 4.69) is 39.7 Å². The average Bonchev–Trinajstić information content (AvgIpc) is 3.23. The molecular formula is C16H21N3OS. The highest BCUT2D eigenvalue weighted by Gasteiger charge is 2.27. The number of thiophene rings is 1. The Balaban J connectivity index is 1.63. The van der Waals surface area contributed by atoms with E-state index >= 15 is 0 Å². The summed E-state index contributed by atoms with van der Waals surface area (Å²) in [6.07, 6.45) is 4.41. The van der Waals surface area contributed by atoms with Gasteiger partial charge in [0.2, 0.25) is 5.88 Å². The van der Waals surface area contributed by atoms with Gasteiger partial charge in [-0.2, -0.15) is 4.98 Å². The van der Waals surface area contributed by atoms with Crippen LogP contribution in [0.5, 0.6) is 5.88 Å². The van der Waals surface area contributed by atoms with E-state index in [0.717, 1.165) is 31.0 Å². The molecule has 0 saturated heterocycles. The third-order valence-electron chi connectivity index (χ3n) is 3.40. The first kappa shape index (κ1) is 14.3. The van der Waals surface area contributed by atoms with Gasteiger partial charge < -0.3 is 10.1 Å². The number of ether oxygens (including phenoxy) is 1. The number of rotatable bonds is 8. The van der Waals surface area contributed by atoms with Gasteiger partial charge in [-0.05, 0) is 30.7 Å². The van der Waals surface area contributed by atoms with Crippen molar-refractivity contribution in [2.75, 3.05) is 18.5 Å². The fourth-order valence-electron chi connectivity index (χ4n) is 2.10. The van der Waals surface area contributed by atoms with E-state index in [-0.39, 0.29) is 0 Å². The van der Waals surface area contributed by atoms with Crippen LogP contribution in [0, 0.1) is 0 Å². The molecule has 1 aliphatic rings. The smallest absolute Gasteiger partial charge is 0.218 e. The summed E-state index contributed by atoms with van der Waals surface area (Å²) in [7, 11) is 0. The Hall–Kier alpha value is -1.62. The predicted octanol–water partition coefficient (Wildman–Crippen LogP) is 3.86. The molecule has 0 aromatic carbocycles. The van der Waals surface area contributed by atoms with Crippen LogP contribution in [0.3, 0.4) is 0 Å². The normalized spacial score (nSPS) is 14.1. The molecule has 0 spiro atoms. The number of nitrogens with one attached hydrogen (secondary N) is 1. The van der Waals surface area contributed by atoms with Crippen molar-refractivity contribution in [3.63, 3.8) is 0 Å². The topological polar surface area (TPSA) is 47.0 Å². The number of aromatic nitrogens is 2. The molecule has 0 amide bonds. The molecule has 2 aromatic heterocycles. The average molecular weight is 303 g/mol. The molecule has 112 valence electrons. The lowest BCUT2D eigenvalue weighted by atomic mass is 10.3. The van der Waals surface area contributed by atoms with Gasteiger partial charge in [0.05, 0.1) is 6.61 Å². The summed E-state index contributed by atoms with van der Waals surface area (Å²) in [6.45, 7) is 3.74. The van der Waals surface area contributed by atoms with Crippen molar-refractivity contribution in [3.8, 4) is 5.88 Å². The Morgan fingerprint density at radius 1 is 1.38 bits per heavy atom. The van der Waals surface area contributed by atoms with Gasteiger partial charge in [-0.1, -0.05) is 13.0 Å². The zero-order valence-corrected chi connectivity index (χ0v) is 13.2. The van der Waals surface area contributed by atoms with E-state index in [4.69, 9.17) is 4.74 Å². The van der Waals surface area contributed by atoms with Gasteiger partial charge in [-0.3, -0.25) is 0 Å². The summed E-state index contributed by atoms with van der Waals surface area (Å²) >= 11 is 1.77. The van der Waals surface area contributed by atoms with Crippen LogP contribution < -0.4 is 10.1 Å². The lowest BCUT2D eigenvalue weighted by Gasteiger charge is -2.10. The highest BCUT2D eigenvalue weighted by Crippen LogP contribution is 2.39. The summed E-state index contributed by atoms with van der Waals surface area (Å²) in [5, 5.41) is 5.43. The minimum Gasteiger partial charge on any atom is -0.477 e. The zero-order valence-electron chi connectivity index (χ0n) is 12.3. The highest BCUT2D eigenvalue weighted by atomic mass is 32.1. The van der Waals surface area contributed by atoms with E-state index < -0.39 is 0 Å². The third kappa shape index (κ3) is 4.17. The monoisotopic (exact) mass is 303 g/mol. The zero-order chi connectivity index (χ0) is 14.5. The number of hydrogen-bond acceptors (Lipinski definition) is 5. The molecule has 1 fully saturated rings. The van der Waals surface area contributed by atoms with E-state index in [1.165, 1.54) is 17.7 Å². The molecule has 0 radical (unpaired) electrons. The largest absolute Gasteiger partial charge is 0.477 e. The molecule has 5 heteroatoms. The second kappa shape index (κ2) is 6.89. The Morgan fingerprint density at radius 3 is 3.00 bits per heavy atom. The van der Waals surface area contributed by atoms with E-state index in [9.17, 15) is 0 Å². The fraction of sp³-hybridized carbons (Fsp3) is 0.500. The maximum atomic E-state index is 5.83. The first-order valence-corrected chi connectivity index (χ1v) is 8.51. The molecule has 1 aliphatic carbocycles. The quantitative estimate of drug-likeness (QED) is 0.804. The molecule has 2 heterocycles. The Morgan fingerprint density at radius 2 is 2.29 bits per heavy atom. The molecule has 3 rings (SSSR count). The van der Waals surface area contributed by atoms with Crippen LogP contribution in [0.2, 0.25) is 0 Å². The van der Waals surface area contributed by atoms with Crippen molar-refractivity contribution in [1.82, 2.24) is 9.97 Å². The van der Waals surface area contributed by atoms with Gasteiger partial charge in [-0.25, -0.2) is 4.98 Å². The second-order valence-corrected chi connectivity index (χ2v) is 6.36. The van der Waals surface area contributed by atoms with Crippen molar-refractivity contribution in [1.29, 1.82) is 0 Å². The maximum Gasteiger partial charge on any atom is 0.218 e. The standard InChI is InChI=1S/C16H21N3OS/c1-2-8-17-14-11-15(19-16(18-14)12-5-6-12)20-9-7-13-4-3-10-21-13/h3-4,10-12H,2,5-9H2,1H3,(H,17,18,19). The van der Waals surface area contributed by atoms with Gasteiger partial charge in [-0.15, -0.1) is 11.3 Å². The first-order valence-electron chi connectivity index (χ1n) is 7.63. The summed E-state index contributed by atoms with van der Waals surface area (Å²) in [5.74, 6) is 3.05. The van der Waals surface area contributed by atoms with Crippen LogP contribution in [0.4, 0.5) is 5.82 Å². The highest BCUT2D eigenvalue weighted by molar-refractivity contribution is 7.09. The Kier molecular flexibility index (Phi) is 4.70. The van der Waals surface area contributed by atoms with E-state index in [0.29, 0.717) is 18.4 Å². The SMILES string of the molecule is CCCNc1cc(OCCc2cccs2)nc(C2CC2)n1. The molecule has 0 bridgehead atoms. The van der Waals surface area contributed by atoms with Crippen molar-refractivity contribution in [2.24, 2.45) is 0 Å². The number of nitrogens with zero attached hydrogens (tertiary/aromatic N) is 2. The third-order valence-corrected chi connectivity index (χ3v) is 4.33. The van der Waals surface area contributed by atoms with Gasteiger partial charge in [0, 0.05) is 29.8 Å². The molecule has 0 unspecified atom stereocenters. The summed E-state index contributed by atoms with van der Waals surface area (Å²) in [5.41, 5.74) is 0. The van der Waals surface area contributed by atoms with Gasteiger partial charge in [0.25, 0.3) is 0 Å². The van der Waals surface area contributed by atoms with Crippen LogP contribution in [0.25, 0.3) is 0 Å². The summed E-state index contributed by atoms with van der Waals surface area (Å²) < 4.78 is 5.83. The molecule has 1 saturated carbocycles. The summed E-state index contributed by atoms with van der Waals surface area (Å²) in [6, 6.07) is 6.12. The van der Waals surface area contributed by atoms with Crippen LogP contribution in [0.15, 0.2) is 23.6 Å².